The van der Waals surface area contributed by atoms with Gasteiger partial charge in [-0.2, -0.15) is 0 Å². The SMILES string of the molecule is Cc1nc(N2CCC3(CCC[C@H]3N)CC2)c(CO)nc1-c1ccnc2c1C=CC2. The van der Waals surface area contributed by atoms with Crippen LogP contribution in [0, 0.1) is 12.3 Å². The van der Waals surface area contributed by atoms with Crippen molar-refractivity contribution in [1.29, 1.82) is 0 Å². The molecule has 1 aliphatic heterocycles. The van der Waals surface area contributed by atoms with Gasteiger partial charge in [-0.25, -0.2) is 9.97 Å². The lowest BCUT2D eigenvalue weighted by Crippen LogP contribution is -2.47. The summed E-state index contributed by atoms with van der Waals surface area (Å²) in [5, 5.41) is 10.1. The molecule has 0 amide bonds. The number of piperidine rings is 1. The van der Waals surface area contributed by atoms with Crippen LogP contribution in [0.15, 0.2) is 18.3 Å². The Labute approximate surface area is 171 Å². The predicted octanol–water partition coefficient (Wildman–Crippen LogP) is 3.01. The number of nitrogens with two attached hydrogens (primary N) is 1. The van der Waals surface area contributed by atoms with Crippen LogP contribution in [-0.2, 0) is 13.0 Å². The summed E-state index contributed by atoms with van der Waals surface area (Å²) >= 11 is 0. The van der Waals surface area contributed by atoms with E-state index < -0.39 is 0 Å². The van der Waals surface area contributed by atoms with E-state index in [0.717, 1.165) is 72.8 Å². The summed E-state index contributed by atoms with van der Waals surface area (Å²) in [4.78, 5) is 16.6. The number of allylic oxidation sites excluding steroid dienone is 1. The van der Waals surface area contributed by atoms with Crippen LogP contribution in [0.5, 0.6) is 0 Å². The summed E-state index contributed by atoms with van der Waals surface area (Å²) in [6, 6.07) is 2.33. The van der Waals surface area contributed by atoms with Crippen molar-refractivity contribution in [1.82, 2.24) is 15.0 Å². The molecule has 2 fully saturated rings. The topological polar surface area (TPSA) is 88.2 Å². The monoisotopic (exact) mass is 391 g/mol. The molecule has 6 nitrogen and oxygen atoms in total. The second kappa shape index (κ2) is 7.18. The van der Waals surface area contributed by atoms with Crippen LogP contribution < -0.4 is 10.6 Å². The molecule has 0 bridgehead atoms. The molecular weight excluding hydrogens is 362 g/mol. The van der Waals surface area contributed by atoms with Crippen molar-refractivity contribution in [2.45, 2.75) is 58.1 Å². The molecule has 152 valence electrons. The molecule has 1 atom stereocenters. The van der Waals surface area contributed by atoms with Crippen LogP contribution in [0.2, 0.25) is 0 Å². The standard InChI is InChI=1S/C23H29N5O/c1-15-21(17-7-11-25-18-5-2-4-16(17)18)27-19(14-29)22(26-15)28-12-9-23(10-13-28)8-3-6-20(23)24/h2,4,7,11,20,29H,3,5-6,8-10,12-14,24H2,1H3/t20-/m1/s1. The molecule has 3 N–H and O–H groups in total. The quantitative estimate of drug-likeness (QED) is 0.836. The van der Waals surface area contributed by atoms with Gasteiger partial charge in [-0.05, 0) is 44.1 Å². The molecule has 1 spiro atoms. The van der Waals surface area contributed by atoms with E-state index in [1.165, 1.54) is 12.8 Å². The first kappa shape index (κ1) is 18.7. The van der Waals surface area contributed by atoms with E-state index in [9.17, 15) is 5.11 Å². The van der Waals surface area contributed by atoms with Gasteiger partial charge in [0.05, 0.1) is 23.7 Å². The predicted molar refractivity (Wildman–Crippen MR) is 114 cm³/mol. The van der Waals surface area contributed by atoms with E-state index in [4.69, 9.17) is 15.7 Å². The van der Waals surface area contributed by atoms with Gasteiger partial charge >= 0.3 is 0 Å². The number of fused-ring (bicyclic) bond motifs is 1. The van der Waals surface area contributed by atoms with E-state index in [2.05, 4.69) is 22.0 Å². The van der Waals surface area contributed by atoms with Gasteiger partial charge in [0.15, 0.2) is 5.82 Å². The maximum absolute atomic E-state index is 10.1. The number of aromatic nitrogens is 3. The van der Waals surface area contributed by atoms with Gasteiger partial charge in [0, 0.05) is 42.9 Å². The molecule has 6 heteroatoms. The molecular formula is C23H29N5O. The van der Waals surface area contributed by atoms with Gasteiger partial charge in [0.2, 0.25) is 0 Å². The highest BCUT2D eigenvalue weighted by atomic mass is 16.3. The third kappa shape index (κ3) is 3.06. The molecule has 2 aliphatic carbocycles. The van der Waals surface area contributed by atoms with Gasteiger partial charge in [0.25, 0.3) is 0 Å². The zero-order chi connectivity index (χ0) is 20.0. The highest BCUT2D eigenvalue weighted by Gasteiger charge is 2.43. The lowest BCUT2D eigenvalue weighted by atomic mass is 9.74. The average molecular weight is 392 g/mol. The minimum Gasteiger partial charge on any atom is -0.390 e. The number of aliphatic hydroxyl groups excluding tert-OH is 1. The summed E-state index contributed by atoms with van der Waals surface area (Å²) in [6.07, 6.45) is 12.8. The maximum Gasteiger partial charge on any atom is 0.153 e. The third-order valence-electron chi connectivity index (χ3n) is 7.23. The number of aryl methyl sites for hydroxylation is 1. The number of hydrogen-bond donors (Lipinski definition) is 2. The van der Waals surface area contributed by atoms with Crippen molar-refractivity contribution in [3.63, 3.8) is 0 Å². The molecule has 3 aliphatic rings. The number of nitrogens with zero attached hydrogens (tertiary/aromatic N) is 4. The minimum atomic E-state index is -0.111. The average Bonchev–Trinajstić information content (AvgIpc) is 3.36. The summed E-state index contributed by atoms with van der Waals surface area (Å²) in [5.41, 5.74) is 12.4. The Morgan fingerprint density at radius 2 is 2.07 bits per heavy atom. The summed E-state index contributed by atoms with van der Waals surface area (Å²) in [5.74, 6) is 0.830. The first-order valence-electron chi connectivity index (χ1n) is 10.7. The largest absolute Gasteiger partial charge is 0.390 e. The van der Waals surface area contributed by atoms with Crippen LogP contribution in [0.4, 0.5) is 5.82 Å². The Morgan fingerprint density at radius 1 is 1.24 bits per heavy atom. The Bertz CT molecular complexity index is 962. The molecule has 3 heterocycles. The van der Waals surface area contributed by atoms with Crippen LogP contribution in [0.3, 0.4) is 0 Å². The fourth-order valence-electron chi connectivity index (χ4n) is 5.47. The van der Waals surface area contributed by atoms with E-state index in [1.807, 2.05) is 19.2 Å². The molecule has 0 radical (unpaired) electrons. The van der Waals surface area contributed by atoms with Crippen LogP contribution in [0.25, 0.3) is 17.3 Å². The maximum atomic E-state index is 10.1. The second-order valence-electron chi connectivity index (χ2n) is 8.76. The van der Waals surface area contributed by atoms with Gasteiger partial charge in [-0.15, -0.1) is 0 Å². The Hall–Kier alpha value is -2.31. The Kier molecular flexibility index (Phi) is 4.63. The molecule has 0 unspecified atom stereocenters. The van der Waals surface area contributed by atoms with Crippen LogP contribution in [-0.4, -0.2) is 39.2 Å². The van der Waals surface area contributed by atoms with Crippen molar-refractivity contribution in [2.24, 2.45) is 11.1 Å². The first-order valence-corrected chi connectivity index (χ1v) is 10.7. The van der Waals surface area contributed by atoms with Crippen molar-refractivity contribution in [3.05, 3.63) is 41.0 Å². The molecule has 2 aromatic heterocycles. The van der Waals surface area contributed by atoms with E-state index in [0.29, 0.717) is 17.2 Å². The highest BCUT2D eigenvalue weighted by Crippen LogP contribution is 2.46. The molecule has 2 aromatic rings. The highest BCUT2D eigenvalue weighted by molar-refractivity contribution is 5.78. The van der Waals surface area contributed by atoms with E-state index in [-0.39, 0.29) is 6.61 Å². The molecule has 1 saturated carbocycles. The van der Waals surface area contributed by atoms with Gasteiger partial charge in [0.1, 0.15) is 5.69 Å². The molecule has 1 saturated heterocycles. The number of aliphatic hydroxyl groups is 1. The van der Waals surface area contributed by atoms with E-state index in [1.54, 1.807) is 0 Å². The van der Waals surface area contributed by atoms with Crippen molar-refractivity contribution in [3.8, 4) is 11.3 Å². The van der Waals surface area contributed by atoms with Gasteiger partial charge in [-0.1, -0.05) is 18.6 Å². The number of hydrogen-bond acceptors (Lipinski definition) is 6. The fraction of sp³-hybridized carbons (Fsp3) is 0.522. The summed E-state index contributed by atoms with van der Waals surface area (Å²) in [7, 11) is 0. The van der Waals surface area contributed by atoms with Gasteiger partial charge < -0.3 is 15.7 Å². The van der Waals surface area contributed by atoms with E-state index >= 15 is 0 Å². The smallest absolute Gasteiger partial charge is 0.153 e. The van der Waals surface area contributed by atoms with Crippen molar-refractivity contribution in [2.75, 3.05) is 18.0 Å². The van der Waals surface area contributed by atoms with Crippen molar-refractivity contribution < 1.29 is 5.11 Å². The van der Waals surface area contributed by atoms with Crippen LogP contribution in [0.1, 0.15) is 54.7 Å². The molecule has 0 aromatic carbocycles. The lowest BCUT2D eigenvalue weighted by molar-refractivity contribution is 0.196. The third-order valence-corrected chi connectivity index (χ3v) is 7.23. The summed E-state index contributed by atoms with van der Waals surface area (Å²) < 4.78 is 0. The Balaban J connectivity index is 1.46. The zero-order valence-electron chi connectivity index (χ0n) is 17.1. The zero-order valence-corrected chi connectivity index (χ0v) is 17.1. The molecule has 29 heavy (non-hydrogen) atoms. The first-order chi connectivity index (χ1) is 14.1. The van der Waals surface area contributed by atoms with Crippen LogP contribution >= 0.6 is 0 Å². The number of pyridine rings is 1. The molecule has 5 rings (SSSR count). The fourth-order valence-corrected chi connectivity index (χ4v) is 5.47. The normalized spacial score (nSPS) is 22.4. The minimum absolute atomic E-state index is 0.111. The number of rotatable bonds is 3. The van der Waals surface area contributed by atoms with Gasteiger partial charge in [-0.3, -0.25) is 4.98 Å². The van der Waals surface area contributed by atoms with Crippen molar-refractivity contribution >= 4 is 11.9 Å². The number of anilines is 1. The lowest BCUT2D eigenvalue weighted by Gasteiger charge is -2.42. The second-order valence-corrected chi connectivity index (χ2v) is 8.76. The summed E-state index contributed by atoms with van der Waals surface area (Å²) in [6.45, 7) is 3.76. The Morgan fingerprint density at radius 3 is 2.79 bits per heavy atom.